The Hall–Kier alpha value is -1.50. The van der Waals surface area contributed by atoms with E-state index < -0.39 is 0 Å². The lowest BCUT2D eigenvalue weighted by Crippen LogP contribution is -2.07. The Balaban J connectivity index is 2.18. The third-order valence-corrected chi connectivity index (χ3v) is 2.70. The van der Waals surface area contributed by atoms with Crippen molar-refractivity contribution in [2.75, 3.05) is 5.32 Å². The normalized spacial score (nSPS) is 23.0. The van der Waals surface area contributed by atoms with Crippen LogP contribution in [-0.2, 0) is 0 Å². The first kappa shape index (κ1) is 6.96. The lowest BCUT2D eigenvalue weighted by atomic mass is 10.1. The molecule has 0 aromatic heterocycles. The van der Waals surface area contributed by atoms with Crippen molar-refractivity contribution in [3.63, 3.8) is 0 Å². The van der Waals surface area contributed by atoms with Gasteiger partial charge in [-0.25, -0.2) is 0 Å². The molecule has 0 fully saturated rings. The molecular formula is C12H11N. The topological polar surface area (TPSA) is 12.0 Å². The quantitative estimate of drug-likeness (QED) is 0.629. The maximum atomic E-state index is 3.48. The maximum Gasteiger partial charge on any atom is 0.0710 e. The van der Waals surface area contributed by atoms with Gasteiger partial charge in [0.1, 0.15) is 0 Å². The molecular weight excluding hydrogens is 158 g/mol. The summed E-state index contributed by atoms with van der Waals surface area (Å²) < 4.78 is 0. The number of para-hydroxylation sites is 1. The number of hydrogen-bond donors (Lipinski definition) is 1. The number of allylic oxidation sites excluding steroid dienone is 2. The fraction of sp³-hybridized carbons (Fsp3) is 0.167. The van der Waals surface area contributed by atoms with Gasteiger partial charge < -0.3 is 5.32 Å². The van der Waals surface area contributed by atoms with Crippen LogP contribution in [0.1, 0.15) is 12.5 Å². The predicted molar refractivity (Wildman–Crippen MR) is 55.6 cm³/mol. The van der Waals surface area contributed by atoms with Gasteiger partial charge in [0.05, 0.1) is 6.04 Å². The summed E-state index contributed by atoms with van der Waals surface area (Å²) in [6.45, 7) is 2.15. The second-order valence-electron chi connectivity index (χ2n) is 3.68. The van der Waals surface area contributed by atoms with E-state index >= 15 is 0 Å². The molecule has 1 aliphatic heterocycles. The number of benzene rings is 1. The molecule has 2 aliphatic rings. The monoisotopic (exact) mass is 169 g/mol. The minimum absolute atomic E-state index is 0.428. The second-order valence-corrected chi connectivity index (χ2v) is 3.68. The van der Waals surface area contributed by atoms with E-state index in [0.717, 1.165) is 0 Å². The van der Waals surface area contributed by atoms with Gasteiger partial charge in [-0.1, -0.05) is 35.9 Å². The van der Waals surface area contributed by atoms with Crippen LogP contribution < -0.4 is 5.32 Å². The lowest BCUT2D eigenvalue weighted by Gasteiger charge is -2.02. The summed E-state index contributed by atoms with van der Waals surface area (Å²) in [7, 11) is 0. The number of rotatable bonds is 0. The summed E-state index contributed by atoms with van der Waals surface area (Å²) >= 11 is 0. The first-order valence-electron chi connectivity index (χ1n) is 4.60. The predicted octanol–water partition coefficient (Wildman–Crippen LogP) is 2.82. The van der Waals surface area contributed by atoms with Gasteiger partial charge in [-0.3, -0.25) is 0 Å². The first-order chi connectivity index (χ1) is 6.34. The molecule has 3 rings (SSSR count). The Morgan fingerprint density at radius 2 is 2.08 bits per heavy atom. The van der Waals surface area contributed by atoms with Crippen molar-refractivity contribution in [1.29, 1.82) is 0 Å². The van der Waals surface area contributed by atoms with E-state index in [1.54, 1.807) is 0 Å². The number of nitrogens with one attached hydrogen (secondary N) is 1. The van der Waals surface area contributed by atoms with Gasteiger partial charge in [0.15, 0.2) is 0 Å². The van der Waals surface area contributed by atoms with E-state index in [1.165, 1.54) is 22.4 Å². The van der Waals surface area contributed by atoms with Gasteiger partial charge in [0.25, 0.3) is 0 Å². The highest BCUT2D eigenvalue weighted by atomic mass is 15.0. The molecule has 0 radical (unpaired) electrons. The Morgan fingerprint density at radius 3 is 3.00 bits per heavy atom. The van der Waals surface area contributed by atoms with Crippen molar-refractivity contribution in [1.82, 2.24) is 0 Å². The Kier molecular flexibility index (Phi) is 1.21. The Bertz CT molecular complexity index is 427. The van der Waals surface area contributed by atoms with Crippen LogP contribution in [0, 0.1) is 0 Å². The molecule has 64 valence electrons. The van der Waals surface area contributed by atoms with Crippen molar-refractivity contribution in [3.8, 4) is 0 Å². The zero-order valence-corrected chi connectivity index (χ0v) is 7.54. The van der Waals surface area contributed by atoms with E-state index in [4.69, 9.17) is 0 Å². The highest BCUT2D eigenvalue weighted by Crippen LogP contribution is 2.39. The second kappa shape index (κ2) is 2.25. The molecule has 1 atom stereocenters. The molecule has 1 aromatic rings. The third-order valence-electron chi connectivity index (χ3n) is 2.70. The highest BCUT2D eigenvalue weighted by Gasteiger charge is 2.26. The number of fused-ring (bicyclic) bond motifs is 3. The summed E-state index contributed by atoms with van der Waals surface area (Å²) in [6.07, 6.45) is 4.54. The molecule has 1 heterocycles. The maximum absolute atomic E-state index is 3.48. The minimum Gasteiger partial charge on any atom is -0.374 e. The SMILES string of the molecule is CC1=CC2Nc3ccccc3C2=C1. The number of anilines is 1. The molecule has 1 aliphatic carbocycles. The Labute approximate surface area is 77.8 Å². The first-order valence-corrected chi connectivity index (χ1v) is 4.60. The van der Waals surface area contributed by atoms with Crippen LogP contribution in [0.25, 0.3) is 5.57 Å². The molecule has 1 N–H and O–H groups in total. The molecule has 0 saturated heterocycles. The molecule has 0 saturated carbocycles. The van der Waals surface area contributed by atoms with Gasteiger partial charge in [-0.05, 0) is 18.6 Å². The van der Waals surface area contributed by atoms with Crippen LogP contribution in [0.2, 0.25) is 0 Å². The van der Waals surface area contributed by atoms with Gasteiger partial charge >= 0.3 is 0 Å². The summed E-state index contributed by atoms with van der Waals surface area (Å²) in [4.78, 5) is 0. The van der Waals surface area contributed by atoms with Crippen molar-refractivity contribution in [2.45, 2.75) is 13.0 Å². The van der Waals surface area contributed by atoms with Crippen molar-refractivity contribution in [2.24, 2.45) is 0 Å². The van der Waals surface area contributed by atoms with Gasteiger partial charge in [-0.15, -0.1) is 0 Å². The van der Waals surface area contributed by atoms with Crippen LogP contribution in [-0.4, -0.2) is 6.04 Å². The van der Waals surface area contributed by atoms with Crippen LogP contribution in [0.15, 0.2) is 42.0 Å². The van der Waals surface area contributed by atoms with E-state index in [9.17, 15) is 0 Å². The summed E-state index contributed by atoms with van der Waals surface area (Å²) in [5, 5.41) is 3.48. The van der Waals surface area contributed by atoms with Gasteiger partial charge in [0, 0.05) is 11.3 Å². The molecule has 0 spiro atoms. The van der Waals surface area contributed by atoms with Crippen molar-refractivity contribution < 1.29 is 0 Å². The van der Waals surface area contributed by atoms with Crippen molar-refractivity contribution in [3.05, 3.63) is 47.6 Å². The average molecular weight is 169 g/mol. The Morgan fingerprint density at radius 1 is 1.23 bits per heavy atom. The van der Waals surface area contributed by atoms with E-state index in [2.05, 4.69) is 48.7 Å². The molecule has 1 aromatic carbocycles. The standard InChI is InChI=1S/C12H11N/c1-8-6-10-9-4-2-3-5-11(9)13-12(10)7-8/h2-7,12-13H,1H3. The van der Waals surface area contributed by atoms with E-state index in [-0.39, 0.29) is 0 Å². The van der Waals surface area contributed by atoms with Gasteiger partial charge in [0.2, 0.25) is 0 Å². The molecule has 1 unspecified atom stereocenters. The fourth-order valence-corrected chi connectivity index (χ4v) is 2.13. The smallest absolute Gasteiger partial charge is 0.0710 e. The lowest BCUT2D eigenvalue weighted by molar-refractivity contribution is 1.19. The number of hydrogen-bond acceptors (Lipinski definition) is 1. The zero-order chi connectivity index (χ0) is 8.84. The van der Waals surface area contributed by atoms with E-state index in [1.807, 2.05) is 0 Å². The summed E-state index contributed by atoms with van der Waals surface area (Å²) in [5.41, 5.74) is 5.42. The molecule has 1 heteroatoms. The molecule has 0 amide bonds. The zero-order valence-electron chi connectivity index (χ0n) is 7.54. The van der Waals surface area contributed by atoms with Gasteiger partial charge in [-0.2, -0.15) is 0 Å². The highest BCUT2D eigenvalue weighted by molar-refractivity contribution is 5.91. The third kappa shape index (κ3) is 0.872. The average Bonchev–Trinajstić information content (AvgIpc) is 2.60. The van der Waals surface area contributed by atoms with E-state index in [0.29, 0.717) is 6.04 Å². The molecule has 13 heavy (non-hydrogen) atoms. The fourth-order valence-electron chi connectivity index (χ4n) is 2.13. The molecule has 1 nitrogen and oxygen atoms in total. The van der Waals surface area contributed by atoms with Crippen LogP contribution >= 0.6 is 0 Å². The van der Waals surface area contributed by atoms with Crippen LogP contribution in [0.3, 0.4) is 0 Å². The minimum atomic E-state index is 0.428. The van der Waals surface area contributed by atoms with Crippen molar-refractivity contribution >= 4 is 11.3 Å². The summed E-state index contributed by atoms with van der Waals surface area (Å²) in [5.74, 6) is 0. The van der Waals surface area contributed by atoms with Crippen LogP contribution in [0.5, 0.6) is 0 Å². The molecule has 0 bridgehead atoms. The largest absolute Gasteiger partial charge is 0.374 e. The summed E-state index contributed by atoms with van der Waals surface area (Å²) in [6, 6.07) is 8.91. The van der Waals surface area contributed by atoms with Crippen LogP contribution in [0.4, 0.5) is 5.69 Å².